The van der Waals surface area contributed by atoms with E-state index < -0.39 is 0 Å². The SMILES string of the molecule is C.C.CCc1ccc(C)cc1.CCc1cccc(C)c1.CCc1ccccc1C. The van der Waals surface area contributed by atoms with Crippen LogP contribution in [-0.2, 0) is 19.3 Å². The molecule has 0 N–H and O–H groups in total. The number of rotatable bonds is 3. The van der Waals surface area contributed by atoms with E-state index in [1.807, 2.05) is 0 Å². The van der Waals surface area contributed by atoms with Crippen LogP contribution in [0.1, 0.15) is 69.0 Å². The molecule has 3 aromatic rings. The predicted molar refractivity (Wildman–Crippen MR) is 135 cm³/mol. The molecule has 0 amide bonds. The van der Waals surface area contributed by atoms with E-state index in [2.05, 4.69) is 114 Å². The molecule has 0 spiro atoms. The molecule has 0 bridgehead atoms. The van der Waals surface area contributed by atoms with Gasteiger partial charge in [0.15, 0.2) is 0 Å². The summed E-state index contributed by atoms with van der Waals surface area (Å²) in [4.78, 5) is 0. The Labute approximate surface area is 182 Å². The zero-order valence-corrected chi connectivity index (χ0v) is 18.0. The van der Waals surface area contributed by atoms with Crippen molar-refractivity contribution < 1.29 is 0 Å². The van der Waals surface area contributed by atoms with Gasteiger partial charge in [0.1, 0.15) is 0 Å². The Kier molecular flexibility index (Phi) is 16.5. The van der Waals surface area contributed by atoms with Crippen LogP contribution in [0.3, 0.4) is 0 Å². The number of aryl methyl sites for hydroxylation is 6. The Morgan fingerprint density at radius 2 is 1.10 bits per heavy atom. The molecule has 0 atom stereocenters. The molecule has 0 heteroatoms. The molecule has 0 saturated heterocycles. The van der Waals surface area contributed by atoms with E-state index in [4.69, 9.17) is 0 Å². The molecule has 0 fully saturated rings. The van der Waals surface area contributed by atoms with Gasteiger partial charge in [-0.15, -0.1) is 0 Å². The van der Waals surface area contributed by atoms with Crippen LogP contribution in [-0.4, -0.2) is 0 Å². The average Bonchev–Trinajstić information content (AvgIpc) is 2.70. The maximum Gasteiger partial charge on any atom is -0.0305 e. The lowest BCUT2D eigenvalue weighted by molar-refractivity contribution is 1.11. The Balaban J connectivity index is 0. The largest absolute Gasteiger partial charge is 0.0776 e. The molecule has 0 nitrogen and oxygen atoms in total. The highest BCUT2D eigenvalue weighted by atomic mass is 14.0. The zero-order valence-electron chi connectivity index (χ0n) is 18.0. The molecular weight excluding hydrogens is 348 g/mol. The first-order chi connectivity index (χ1) is 13.0. The van der Waals surface area contributed by atoms with Crippen molar-refractivity contribution in [3.05, 3.63) is 106 Å². The summed E-state index contributed by atoms with van der Waals surface area (Å²) in [6.45, 7) is 12.9. The van der Waals surface area contributed by atoms with Gasteiger partial charge in [-0.3, -0.25) is 0 Å². The first-order valence-electron chi connectivity index (χ1n) is 10.2. The van der Waals surface area contributed by atoms with E-state index in [9.17, 15) is 0 Å². The van der Waals surface area contributed by atoms with Gasteiger partial charge in [-0.1, -0.05) is 120 Å². The molecule has 0 saturated carbocycles. The summed E-state index contributed by atoms with van der Waals surface area (Å²) >= 11 is 0. The van der Waals surface area contributed by atoms with Gasteiger partial charge in [0, 0.05) is 0 Å². The fraction of sp³-hybridized carbons (Fsp3) is 0.379. The second-order valence-corrected chi connectivity index (χ2v) is 6.96. The van der Waals surface area contributed by atoms with Crippen molar-refractivity contribution in [2.24, 2.45) is 0 Å². The summed E-state index contributed by atoms with van der Waals surface area (Å²) in [7, 11) is 0. The van der Waals surface area contributed by atoms with E-state index in [0.717, 1.165) is 19.3 Å². The van der Waals surface area contributed by atoms with E-state index in [0.29, 0.717) is 0 Å². The van der Waals surface area contributed by atoms with Crippen LogP contribution >= 0.6 is 0 Å². The monoisotopic (exact) mass is 392 g/mol. The normalized spacial score (nSPS) is 8.90. The van der Waals surface area contributed by atoms with Gasteiger partial charge in [0.2, 0.25) is 0 Å². The molecule has 29 heavy (non-hydrogen) atoms. The van der Waals surface area contributed by atoms with Crippen LogP contribution in [0.15, 0.2) is 72.8 Å². The quantitative estimate of drug-likeness (QED) is 0.417. The lowest BCUT2D eigenvalue weighted by Gasteiger charge is -1.98. The van der Waals surface area contributed by atoms with Crippen LogP contribution < -0.4 is 0 Å². The number of benzene rings is 3. The molecule has 3 rings (SSSR count). The lowest BCUT2D eigenvalue weighted by atomic mass is 10.1. The third-order valence-corrected chi connectivity index (χ3v) is 4.66. The molecule has 0 radical (unpaired) electrons. The molecule has 0 aliphatic rings. The summed E-state index contributed by atoms with van der Waals surface area (Å²) in [5.41, 5.74) is 8.40. The summed E-state index contributed by atoms with van der Waals surface area (Å²) in [5.74, 6) is 0. The Morgan fingerprint density at radius 3 is 1.52 bits per heavy atom. The summed E-state index contributed by atoms with van der Waals surface area (Å²) in [6.07, 6.45) is 3.43. The van der Waals surface area contributed by atoms with Crippen LogP contribution in [0.25, 0.3) is 0 Å². The molecule has 0 heterocycles. The maximum atomic E-state index is 2.22. The highest BCUT2D eigenvalue weighted by Crippen LogP contribution is 2.06. The van der Waals surface area contributed by atoms with Gasteiger partial charge in [0.05, 0.1) is 0 Å². The van der Waals surface area contributed by atoms with Gasteiger partial charge < -0.3 is 0 Å². The molecule has 0 unspecified atom stereocenters. The topological polar surface area (TPSA) is 0 Å². The molecule has 3 aromatic carbocycles. The molecular formula is C29H44. The van der Waals surface area contributed by atoms with Crippen molar-refractivity contribution in [3.8, 4) is 0 Å². The minimum Gasteiger partial charge on any atom is -0.0776 e. The molecule has 0 aromatic heterocycles. The van der Waals surface area contributed by atoms with Crippen LogP contribution in [0.4, 0.5) is 0 Å². The first kappa shape index (κ1) is 28.9. The minimum atomic E-state index is 0. The van der Waals surface area contributed by atoms with Crippen molar-refractivity contribution >= 4 is 0 Å². The van der Waals surface area contributed by atoms with Gasteiger partial charge in [0.25, 0.3) is 0 Å². The lowest BCUT2D eigenvalue weighted by Crippen LogP contribution is -1.82. The second-order valence-electron chi connectivity index (χ2n) is 6.96. The Bertz CT molecular complexity index is 766. The maximum absolute atomic E-state index is 2.22. The van der Waals surface area contributed by atoms with E-state index in [1.165, 1.54) is 33.4 Å². The van der Waals surface area contributed by atoms with E-state index >= 15 is 0 Å². The fourth-order valence-electron chi connectivity index (χ4n) is 2.76. The number of hydrogen-bond donors (Lipinski definition) is 0. The van der Waals surface area contributed by atoms with Gasteiger partial charge in [-0.25, -0.2) is 0 Å². The standard InChI is InChI=1S/3C9H12.2CH4/c1-3-9-6-4-8(2)5-7-9;1-3-9-6-4-5-8(2)7-9;1-3-9-7-5-4-6-8(9)2;;/h3*4-7H,3H2,1-2H3;2*1H4. The predicted octanol–water partition coefficient (Wildman–Crippen LogP) is 8.94. The Hall–Kier alpha value is -2.34. The second kappa shape index (κ2) is 16.6. The average molecular weight is 393 g/mol. The fourth-order valence-corrected chi connectivity index (χ4v) is 2.76. The van der Waals surface area contributed by atoms with E-state index in [-0.39, 0.29) is 14.9 Å². The van der Waals surface area contributed by atoms with Crippen molar-refractivity contribution in [2.75, 3.05) is 0 Å². The van der Waals surface area contributed by atoms with Crippen molar-refractivity contribution in [2.45, 2.75) is 75.7 Å². The molecule has 0 aliphatic carbocycles. The van der Waals surface area contributed by atoms with Gasteiger partial charge in [-0.2, -0.15) is 0 Å². The summed E-state index contributed by atoms with van der Waals surface area (Å²) < 4.78 is 0. The van der Waals surface area contributed by atoms with Crippen molar-refractivity contribution in [3.63, 3.8) is 0 Å². The van der Waals surface area contributed by atoms with Crippen molar-refractivity contribution in [1.82, 2.24) is 0 Å². The zero-order chi connectivity index (χ0) is 20.1. The van der Waals surface area contributed by atoms with Crippen LogP contribution in [0, 0.1) is 20.8 Å². The molecule has 0 aliphatic heterocycles. The van der Waals surface area contributed by atoms with Gasteiger partial charge >= 0.3 is 0 Å². The molecule has 160 valence electrons. The summed E-state index contributed by atoms with van der Waals surface area (Å²) in [6, 6.07) is 25.8. The van der Waals surface area contributed by atoms with Crippen molar-refractivity contribution in [1.29, 1.82) is 0 Å². The summed E-state index contributed by atoms with van der Waals surface area (Å²) in [5, 5.41) is 0. The third-order valence-electron chi connectivity index (χ3n) is 4.66. The van der Waals surface area contributed by atoms with Crippen LogP contribution in [0.2, 0.25) is 0 Å². The number of hydrogen-bond acceptors (Lipinski definition) is 0. The first-order valence-corrected chi connectivity index (χ1v) is 10.2. The van der Waals surface area contributed by atoms with E-state index in [1.54, 1.807) is 0 Å². The Morgan fingerprint density at radius 1 is 0.517 bits per heavy atom. The minimum absolute atomic E-state index is 0. The smallest absolute Gasteiger partial charge is 0.0305 e. The third kappa shape index (κ3) is 12.0. The highest BCUT2D eigenvalue weighted by Gasteiger charge is 1.89. The van der Waals surface area contributed by atoms with Crippen LogP contribution in [0.5, 0.6) is 0 Å². The van der Waals surface area contributed by atoms with Gasteiger partial charge in [-0.05, 0) is 62.3 Å². The highest BCUT2D eigenvalue weighted by molar-refractivity contribution is 5.25.